The molecule has 1 saturated heterocycles. The standard InChI is InChI=1S/C18H22N4O3/c1-3-21(4-2)16(23)11-22-17(24)15(20-18(22)25)9-12-10-19-14-8-6-5-7-13(12)14/h5-8,10,15,19H,3-4,9,11H2,1-2H3,(H,20,25). The van der Waals surface area contributed by atoms with E-state index in [2.05, 4.69) is 10.3 Å². The van der Waals surface area contributed by atoms with E-state index in [-0.39, 0.29) is 18.4 Å². The van der Waals surface area contributed by atoms with Crippen LogP contribution in [0.3, 0.4) is 0 Å². The zero-order chi connectivity index (χ0) is 18.0. The molecule has 1 aliphatic heterocycles. The van der Waals surface area contributed by atoms with E-state index in [4.69, 9.17) is 0 Å². The second kappa shape index (κ2) is 6.96. The quantitative estimate of drug-likeness (QED) is 0.780. The molecular weight excluding hydrogens is 320 g/mol. The maximum absolute atomic E-state index is 12.6. The Morgan fingerprint density at radius 3 is 2.64 bits per heavy atom. The Morgan fingerprint density at radius 2 is 1.92 bits per heavy atom. The fraction of sp³-hybridized carbons (Fsp3) is 0.389. The van der Waals surface area contributed by atoms with Crippen molar-refractivity contribution >= 4 is 28.7 Å². The molecule has 1 unspecified atom stereocenters. The highest BCUT2D eigenvalue weighted by molar-refractivity contribution is 6.06. The third-order valence-corrected chi connectivity index (χ3v) is 4.62. The van der Waals surface area contributed by atoms with Gasteiger partial charge in [0, 0.05) is 36.6 Å². The molecule has 1 aromatic carbocycles. The first-order valence-corrected chi connectivity index (χ1v) is 8.49. The number of urea groups is 1. The molecule has 0 radical (unpaired) electrons. The first-order chi connectivity index (χ1) is 12.0. The Morgan fingerprint density at radius 1 is 1.20 bits per heavy atom. The predicted octanol–water partition coefficient (Wildman–Crippen LogP) is 1.50. The minimum absolute atomic E-state index is 0.212. The Hall–Kier alpha value is -2.83. The number of nitrogens with zero attached hydrogens (tertiary/aromatic N) is 2. The lowest BCUT2D eigenvalue weighted by Crippen LogP contribution is -2.43. The second-order valence-electron chi connectivity index (χ2n) is 6.06. The molecule has 1 fully saturated rings. The summed E-state index contributed by atoms with van der Waals surface area (Å²) in [7, 11) is 0. The van der Waals surface area contributed by atoms with Crippen molar-refractivity contribution in [3.63, 3.8) is 0 Å². The highest BCUT2D eigenvalue weighted by atomic mass is 16.2. The maximum atomic E-state index is 12.6. The highest BCUT2D eigenvalue weighted by Crippen LogP contribution is 2.21. The summed E-state index contributed by atoms with van der Waals surface area (Å²) >= 11 is 0. The molecule has 7 heteroatoms. The van der Waals surface area contributed by atoms with Crippen LogP contribution in [0.15, 0.2) is 30.5 Å². The lowest BCUT2D eigenvalue weighted by atomic mass is 10.1. The summed E-state index contributed by atoms with van der Waals surface area (Å²) in [6.45, 7) is 4.63. The summed E-state index contributed by atoms with van der Waals surface area (Å²) < 4.78 is 0. The topological polar surface area (TPSA) is 85.5 Å². The zero-order valence-corrected chi connectivity index (χ0v) is 14.4. The molecule has 1 atom stereocenters. The largest absolute Gasteiger partial charge is 0.361 e. The van der Waals surface area contributed by atoms with E-state index in [9.17, 15) is 14.4 Å². The number of nitrogens with one attached hydrogen (secondary N) is 2. The third kappa shape index (κ3) is 3.22. The molecule has 0 saturated carbocycles. The van der Waals surface area contributed by atoms with Crippen LogP contribution in [0.25, 0.3) is 10.9 Å². The van der Waals surface area contributed by atoms with E-state index in [1.54, 1.807) is 4.90 Å². The number of carbonyl (C=O) groups excluding carboxylic acids is 3. The minimum atomic E-state index is -0.642. The molecule has 2 aromatic rings. The first-order valence-electron chi connectivity index (χ1n) is 8.49. The number of aromatic amines is 1. The number of fused-ring (bicyclic) bond motifs is 1. The number of H-pyrrole nitrogens is 1. The van der Waals surface area contributed by atoms with Crippen LogP contribution in [0, 0.1) is 0 Å². The summed E-state index contributed by atoms with van der Waals surface area (Å²) in [6, 6.07) is 6.66. The Kier molecular flexibility index (Phi) is 4.74. The van der Waals surface area contributed by atoms with E-state index < -0.39 is 12.1 Å². The smallest absolute Gasteiger partial charge is 0.325 e. The van der Waals surface area contributed by atoms with Crippen LogP contribution < -0.4 is 5.32 Å². The number of aromatic nitrogens is 1. The van der Waals surface area contributed by atoms with E-state index in [1.165, 1.54) is 0 Å². The molecule has 2 N–H and O–H groups in total. The van der Waals surface area contributed by atoms with Gasteiger partial charge in [0.05, 0.1) is 0 Å². The normalized spacial score (nSPS) is 17.2. The van der Waals surface area contributed by atoms with Gasteiger partial charge in [0.1, 0.15) is 12.6 Å². The summed E-state index contributed by atoms with van der Waals surface area (Å²) in [5.74, 6) is -0.572. The molecule has 1 aromatic heterocycles. The van der Waals surface area contributed by atoms with E-state index >= 15 is 0 Å². The van der Waals surface area contributed by atoms with Gasteiger partial charge in [0.25, 0.3) is 5.91 Å². The van der Waals surface area contributed by atoms with Gasteiger partial charge in [-0.1, -0.05) is 18.2 Å². The average Bonchev–Trinajstić information content (AvgIpc) is 3.13. The van der Waals surface area contributed by atoms with Gasteiger partial charge in [0.2, 0.25) is 5.91 Å². The number of amides is 4. The van der Waals surface area contributed by atoms with Gasteiger partial charge in [0.15, 0.2) is 0 Å². The first kappa shape index (κ1) is 17.0. The number of rotatable bonds is 6. The zero-order valence-electron chi connectivity index (χ0n) is 14.4. The van der Waals surface area contributed by atoms with Gasteiger partial charge >= 0.3 is 6.03 Å². The van der Waals surface area contributed by atoms with Crippen LogP contribution in [-0.2, 0) is 16.0 Å². The predicted molar refractivity (Wildman–Crippen MR) is 94.0 cm³/mol. The number of benzene rings is 1. The summed E-state index contributed by atoms with van der Waals surface area (Å²) in [5.41, 5.74) is 1.95. The number of likely N-dealkylation sites (N-methyl/N-ethyl adjacent to an activating group) is 1. The van der Waals surface area contributed by atoms with Crippen molar-refractivity contribution in [2.45, 2.75) is 26.3 Å². The number of hydrogen-bond donors (Lipinski definition) is 2. The lowest BCUT2D eigenvalue weighted by molar-refractivity contribution is -0.137. The van der Waals surface area contributed by atoms with Gasteiger partial charge in [-0.15, -0.1) is 0 Å². The van der Waals surface area contributed by atoms with E-state index in [0.29, 0.717) is 19.5 Å². The summed E-state index contributed by atoms with van der Waals surface area (Å²) in [4.78, 5) is 42.7. The van der Waals surface area contributed by atoms with Crippen LogP contribution in [-0.4, -0.2) is 58.3 Å². The molecule has 0 aliphatic carbocycles. The van der Waals surface area contributed by atoms with Gasteiger partial charge in [-0.05, 0) is 25.5 Å². The van der Waals surface area contributed by atoms with Crippen molar-refractivity contribution in [1.82, 2.24) is 20.1 Å². The Bertz CT molecular complexity index is 810. The second-order valence-corrected chi connectivity index (χ2v) is 6.06. The van der Waals surface area contributed by atoms with Crippen molar-refractivity contribution < 1.29 is 14.4 Å². The van der Waals surface area contributed by atoms with Crippen LogP contribution in [0.5, 0.6) is 0 Å². The molecule has 2 heterocycles. The van der Waals surface area contributed by atoms with Crippen molar-refractivity contribution in [1.29, 1.82) is 0 Å². The molecule has 3 rings (SSSR count). The number of imide groups is 1. The van der Waals surface area contributed by atoms with Gasteiger partial charge < -0.3 is 15.2 Å². The monoisotopic (exact) mass is 342 g/mol. The molecule has 132 valence electrons. The van der Waals surface area contributed by atoms with Gasteiger partial charge in [-0.2, -0.15) is 0 Å². The third-order valence-electron chi connectivity index (χ3n) is 4.62. The maximum Gasteiger partial charge on any atom is 0.325 e. The lowest BCUT2D eigenvalue weighted by Gasteiger charge is -2.21. The van der Waals surface area contributed by atoms with Gasteiger partial charge in [-0.3, -0.25) is 14.5 Å². The molecule has 1 aliphatic rings. The van der Waals surface area contributed by atoms with Crippen molar-refractivity contribution in [3.8, 4) is 0 Å². The fourth-order valence-electron chi connectivity index (χ4n) is 3.20. The van der Waals surface area contributed by atoms with Crippen molar-refractivity contribution in [2.75, 3.05) is 19.6 Å². The summed E-state index contributed by atoms with van der Waals surface area (Å²) in [5, 5.41) is 3.72. The van der Waals surface area contributed by atoms with Crippen molar-refractivity contribution in [3.05, 3.63) is 36.0 Å². The number of hydrogen-bond acceptors (Lipinski definition) is 3. The molecule has 0 spiro atoms. The van der Waals surface area contributed by atoms with E-state index in [0.717, 1.165) is 21.4 Å². The Balaban J connectivity index is 1.72. The van der Waals surface area contributed by atoms with E-state index in [1.807, 2.05) is 44.3 Å². The molecule has 25 heavy (non-hydrogen) atoms. The van der Waals surface area contributed by atoms with Crippen LogP contribution >= 0.6 is 0 Å². The van der Waals surface area contributed by atoms with Crippen LogP contribution in [0.2, 0.25) is 0 Å². The molecular formula is C18H22N4O3. The molecule has 0 bridgehead atoms. The fourth-order valence-corrected chi connectivity index (χ4v) is 3.20. The SMILES string of the molecule is CCN(CC)C(=O)CN1C(=O)NC(Cc2c[nH]c3ccccc23)C1=O. The van der Waals surface area contributed by atoms with Crippen LogP contribution in [0.4, 0.5) is 4.79 Å². The molecule has 4 amide bonds. The number of para-hydroxylation sites is 1. The summed E-state index contributed by atoms with van der Waals surface area (Å²) in [6.07, 6.45) is 2.25. The van der Waals surface area contributed by atoms with Crippen molar-refractivity contribution in [2.24, 2.45) is 0 Å². The van der Waals surface area contributed by atoms with Gasteiger partial charge in [-0.25, -0.2) is 4.79 Å². The number of carbonyl (C=O) groups is 3. The highest BCUT2D eigenvalue weighted by Gasteiger charge is 2.39. The molecule has 7 nitrogen and oxygen atoms in total. The minimum Gasteiger partial charge on any atom is -0.361 e. The average molecular weight is 342 g/mol. The Labute approximate surface area is 146 Å². The van der Waals surface area contributed by atoms with Crippen LogP contribution in [0.1, 0.15) is 19.4 Å².